The number of hydrogen-bond donors (Lipinski definition) is 5. The third-order valence-electron chi connectivity index (χ3n) is 2.72. The maximum absolute atomic E-state index is 12.1. The van der Waals surface area contributed by atoms with E-state index in [1.54, 1.807) is 19.1 Å². The fourth-order valence-electron chi connectivity index (χ4n) is 1.84. The van der Waals surface area contributed by atoms with E-state index < -0.39 is 25.6 Å². The van der Waals surface area contributed by atoms with Crippen LogP contribution in [0.2, 0.25) is 0 Å². The van der Waals surface area contributed by atoms with E-state index in [9.17, 15) is 14.5 Å². The number of rotatable bonds is 8. The Morgan fingerprint density at radius 3 is 2.73 bits per heavy atom. The second-order valence-corrected chi connectivity index (χ2v) is 6.36. The van der Waals surface area contributed by atoms with Gasteiger partial charge in [-0.15, -0.1) is 0 Å². The van der Waals surface area contributed by atoms with Crippen molar-refractivity contribution < 1.29 is 28.9 Å². The quantitative estimate of drug-likeness (QED) is 0.159. The monoisotopic (exact) mass is 331 g/mol. The molecule has 2 atom stereocenters. The number of benzene rings is 1. The first kappa shape index (κ1) is 18.1. The third-order valence-corrected chi connectivity index (χ3v) is 4.44. The minimum absolute atomic E-state index is 0.00386. The van der Waals surface area contributed by atoms with Gasteiger partial charge in [-0.3, -0.25) is 14.8 Å². The lowest BCUT2D eigenvalue weighted by molar-refractivity contribution is -0.150. The van der Waals surface area contributed by atoms with Crippen molar-refractivity contribution in [3.63, 3.8) is 0 Å². The molecule has 1 rings (SSSR count). The highest BCUT2D eigenvalue weighted by Crippen LogP contribution is 2.50. The van der Waals surface area contributed by atoms with Crippen molar-refractivity contribution in [1.29, 1.82) is 5.41 Å². The number of carbonyl (C=O) groups is 1. The van der Waals surface area contributed by atoms with E-state index in [-0.39, 0.29) is 12.6 Å². The molecule has 10 heteroatoms. The first-order chi connectivity index (χ1) is 10.3. The van der Waals surface area contributed by atoms with Crippen molar-refractivity contribution >= 4 is 25.2 Å². The number of nitrogens with one attached hydrogen (secondary N) is 2. The molecule has 0 aliphatic carbocycles. The first-order valence-electron chi connectivity index (χ1n) is 6.32. The Balaban J connectivity index is 3.08. The molecule has 0 aliphatic heterocycles. The van der Waals surface area contributed by atoms with Crippen molar-refractivity contribution in [2.75, 3.05) is 18.1 Å². The van der Waals surface area contributed by atoms with Gasteiger partial charge in [0.05, 0.1) is 18.7 Å². The molecule has 2 unspecified atom stereocenters. The van der Waals surface area contributed by atoms with E-state index in [1.807, 2.05) is 0 Å². The second kappa shape index (κ2) is 7.90. The number of anilines is 1. The average molecular weight is 331 g/mol. The molecular weight excluding hydrogens is 313 g/mol. The Bertz CT molecular complexity index is 594. The molecule has 9 nitrogen and oxygen atoms in total. The van der Waals surface area contributed by atoms with Gasteiger partial charge in [0.2, 0.25) is 0 Å². The molecule has 0 saturated carbocycles. The van der Waals surface area contributed by atoms with Gasteiger partial charge in [-0.2, -0.15) is 4.67 Å². The van der Waals surface area contributed by atoms with E-state index in [4.69, 9.17) is 20.9 Å². The first-order valence-corrected chi connectivity index (χ1v) is 8.04. The summed E-state index contributed by atoms with van der Waals surface area (Å²) in [6.07, 6.45) is -0.532. The Labute approximate surface area is 127 Å². The van der Waals surface area contributed by atoms with E-state index >= 15 is 0 Å². The van der Waals surface area contributed by atoms with Crippen LogP contribution in [0, 0.1) is 5.41 Å². The molecule has 1 aromatic carbocycles. The number of nitrogens with two attached hydrogens (primary N) is 1. The van der Waals surface area contributed by atoms with E-state index in [2.05, 4.69) is 9.99 Å². The molecule has 1 aromatic rings. The molecule has 0 saturated heterocycles. The third kappa shape index (κ3) is 5.12. The molecule has 0 spiro atoms. The topological polar surface area (TPSA) is 155 Å². The summed E-state index contributed by atoms with van der Waals surface area (Å²) in [5.41, 5.74) is 5.92. The van der Waals surface area contributed by atoms with Crippen LogP contribution in [0.5, 0.6) is 0 Å². The number of hydrogen-bond acceptors (Lipinski definition) is 6. The Morgan fingerprint density at radius 2 is 2.23 bits per heavy atom. The maximum atomic E-state index is 12.1. The van der Waals surface area contributed by atoms with Crippen molar-refractivity contribution in [2.45, 2.75) is 12.8 Å². The van der Waals surface area contributed by atoms with Crippen LogP contribution in [0.25, 0.3) is 0 Å². The summed E-state index contributed by atoms with van der Waals surface area (Å²) in [5.74, 6) is -2.78. The molecule has 0 heterocycles. The predicted octanol–water partition coefficient (Wildman–Crippen LogP) is 1.88. The fraction of sp³-hybridized carbons (Fsp3) is 0.333. The zero-order valence-corrected chi connectivity index (χ0v) is 12.7. The van der Waals surface area contributed by atoms with Gasteiger partial charge in [0, 0.05) is 5.69 Å². The highest BCUT2D eigenvalue weighted by Gasteiger charge is 2.34. The largest absolute Gasteiger partial charge is 0.481 e. The zero-order valence-electron chi connectivity index (χ0n) is 11.9. The lowest BCUT2D eigenvalue weighted by atomic mass is 10.0. The van der Waals surface area contributed by atoms with Gasteiger partial charge < -0.3 is 20.7 Å². The van der Waals surface area contributed by atoms with Gasteiger partial charge in [-0.05, 0) is 24.6 Å². The molecule has 0 amide bonds. The van der Waals surface area contributed by atoms with Crippen molar-refractivity contribution in [3.05, 3.63) is 29.8 Å². The number of carboxylic acid groups (broad SMARTS) is 1. The van der Waals surface area contributed by atoms with Gasteiger partial charge in [0.15, 0.2) is 5.96 Å². The van der Waals surface area contributed by atoms with E-state index in [1.165, 1.54) is 12.1 Å². The molecular formula is C12H18N3O6P. The van der Waals surface area contributed by atoms with Gasteiger partial charge in [-0.1, -0.05) is 12.1 Å². The summed E-state index contributed by atoms with van der Waals surface area (Å²) in [4.78, 5) is 11.4. The van der Waals surface area contributed by atoms with Crippen LogP contribution in [0.3, 0.4) is 0 Å². The minimum atomic E-state index is -3.93. The Kier molecular flexibility index (Phi) is 6.51. The molecule has 0 aliphatic rings. The standard InChI is InChI=1S/C12H18N3O6P/c1-2-20-22(19,21-18)7-10(11(16)17)8-4-3-5-9(6-8)15-12(13)14/h3-6,10,18H,2,7H2,1H3,(H,16,17)(H4,13,14,15). The van der Waals surface area contributed by atoms with E-state index in [0.29, 0.717) is 11.3 Å². The Morgan fingerprint density at radius 1 is 1.55 bits per heavy atom. The van der Waals surface area contributed by atoms with Crippen LogP contribution in [0.4, 0.5) is 5.69 Å². The molecule has 0 bridgehead atoms. The zero-order chi connectivity index (χ0) is 16.8. The summed E-state index contributed by atoms with van der Waals surface area (Å²) >= 11 is 0. The van der Waals surface area contributed by atoms with Gasteiger partial charge >= 0.3 is 13.6 Å². The van der Waals surface area contributed by atoms with Crippen molar-refractivity contribution in [1.82, 2.24) is 0 Å². The molecule has 0 aromatic heterocycles. The smallest absolute Gasteiger partial charge is 0.358 e. The lowest BCUT2D eigenvalue weighted by Gasteiger charge is -2.19. The van der Waals surface area contributed by atoms with Gasteiger partial charge in [0.25, 0.3) is 0 Å². The SMILES string of the molecule is CCOP(=O)(CC(C(=O)O)c1cccc(NC(=N)N)c1)OO. The van der Waals surface area contributed by atoms with Crippen LogP contribution in [0.1, 0.15) is 18.4 Å². The Hall–Kier alpha value is -1.93. The summed E-state index contributed by atoms with van der Waals surface area (Å²) in [6, 6.07) is 6.11. The number of guanidine groups is 1. The van der Waals surface area contributed by atoms with Crippen molar-refractivity contribution in [2.24, 2.45) is 5.73 Å². The van der Waals surface area contributed by atoms with Crippen LogP contribution < -0.4 is 11.1 Å². The molecule has 6 N–H and O–H groups in total. The predicted molar refractivity (Wildman–Crippen MR) is 80.2 cm³/mol. The van der Waals surface area contributed by atoms with E-state index in [0.717, 1.165) is 0 Å². The summed E-state index contributed by atoms with van der Waals surface area (Å²) in [5, 5.41) is 27.7. The molecule has 122 valence electrons. The summed E-state index contributed by atoms with van der Waals surface area (Å²) in [7, 11) is -3.93. The lowest BCUT2D eigenvalue weighted by Crippen LogP contribution is -2.21. The van der Waals surface area contributed by atoms with Crippen molar-refractivity contribution in [3.8, 4) is 0 Å². The van der Waals surface area contributed by atoms with Gasteiger partial charge in [0.1, 0.15) is 0 Å². The minimum Gasteiger partial charge on any atom is -0.481 e. The number of carboxylic acids is 1. The molecule has 0 radical (unpaired) electrons. The summed E-state index contributed by atoms with van der Waals surface area (Å²) in [6.45, 7) is 1.54. The molecule has 22 heavy (non-hydrogen) atoms. The molecule has 0 fully saturated rings. The van der Waals surface area contributed by atoms with Crippen LogP contribution >= 0.6 is 7.60 Å². The van der Waals surface area contributed by atoms with Crippen LogP contribution in [0.15, 0.2) is 24.3 Å². The fourth-order valence-corrected chi connectivity index (χ4v) is 3.27. The average Bonchev–Trinajstić information content (AvgIpc) is 2.44. The van der Waals surface area contributed by atoms with Crippen LogP contribution in [-0.2, 0) is 18.6 Å². The second-order valence-electron chi connectivity index (χ2n) is 4.35. The highest BCUT2D eigenvalue weighted by atomic mass is 31.2. The highest BCUT2D eigenvalue weighted by molar-refractivity contribution is 7.53. The van der Waals surface area contributed by atoms with Crippen LogP contribution in [-0.4, -0.2) is 35.1 Å². The number of aliphatic carboxylic acids is 1. The maximum Gasteiger partial charge on any atom is 0.358 e. The normalized spacial score (nSPS) is 14.8. The van der Waals surface area contributed by atoms with Gasteiger partial charge in [-0.25, -0.2) is 5.26 Å². The summed E-state index contributed by atoms with van der Waals surface area (Å²) < 4.78 is 20.8.